The van der Waals surface area contributed by atoms with Gasteiger partial charge in [0.15, 0.2) is 6.61 Å². The Bertz CT molecular complexity index is 530. The number of halogens is 1. The lowest BCUT2D eigenvalue weighted by Crippen LogP contribution is -2.38. The summed E-state index contributed by atoms with van der Waals surface area (Å²) in [7, 11) is 1.89. The number of benzene rings is 1. The molecule has 2 rings (SSSR count). The van der Waals surface area contributed by atoms with E-state index >= 15 is 0 Å². The lowest BCUT2D eigenvalue weighted by Gasteiger charge is -2.24. The van der Waals surface area contributed by atoms with Gasteiger partial charge in [0.2, 0.25) is 0 Å². The first-order chi connectivity index (χ1) is 10.3. The van der Waals surface area contributed by atoms with Crippen molar-refractivity contribution in [2.24, 2.45) is 0 Å². The van der Waals surface area contributed by atoms with Crippen LogP contribution in [0.15, 0.2) is 22.7 Å². The molecule has 1 aromatic carbocycles. The highest BCUT2D eigenvalue weighted by Gasteiger charge is 2.23. The van der Waals surface area contributed by atoms with Crippen molar-refractivity contribution in [1.82, 2.24) is 4.90 Å². The third-order valence-corrected chi connectivity index (χ3v) is 5.03. The second-order valence-corrected chi connectivity index (χ2v) is 7.98. The van der Waals surface area contributed by atoms with Gasteiger partial charge >= 0.3 is 0 Å². The van der Waals surface area contributed by atoms with Crippen LogP contribution in [-0.2, 0) is 10.2 Å². The number of ether oxygens (including phenoxy) is 1. The Balaban J connectivity index is 1.95. The van der Waals surface area contributed by atoms with Crippen LogP contribution >= 0.6 is 15.9 Å². The maximum absolute atomic E-state index is 12.2. The van der Waals surface area contributed by atoms with Crippen LogP contribution in [0.5, 0.6) is 5.75 Å². The van der Waals surface area contributed by atoms with Gasteiger partial charge in [-0.05, 0) is 51.9 Å². The maximum atomic E-state index is 12.2. The van der Waals surface area contributed by atoms with Crippen molar-refractivity contribution in [3.8, 4) is 5.75 Å². The summed E-state index contributed by atoms with van der Waals surface area (Å²) in [6.45, 7) is 6.63. The fourth-order valence-electron chi connectivity index (χ4n) is 2.82. The lowest BCUT2D eigenvalue weighted by atomic mass is 9.87. The number of nitrogens with zero attached hydrogens (tertiary/aromatic N) is 1. The number of rotatable bonds is 4. The van der Waals surface area contributed by atoms with Gasteiger partial charge in [-0.2, -0.15) is 0 Å². The second kappa shape index (κ2) is 7.03. The quantitative estimate of drug-likeness (QED) is 0.782. The van der Waals surface area contributed by atoms with Gasteiger partial charge in [0, 0.05) is 13.1 Å². The summed E-state index contributed by atoms with van der Waals surface area (Å²) < 4.78 is 6.61. The molecule has 1 aromatic rings. The van der Waals surface area contributed by atoms with E-state index in [0.29, 0.717) is 6.04 Å². The molecule has 1 saturated carbocycles. The van der Waals surface area contributed by atoms with Crippen molar-refractivity contribution in [2.45, 2.75) is 57.9 Å². The van der Waals surface area contributed by atoms with E-state index in [2.05, 4.69) is 48.8 Å². The van der Waals surface area contributed by atoms with Gasteiger partial charge in [-0.15, -0.1) is 0 Å². The molecule has 1 aliphatic carbocycles. The molecule has 122 valence electrons. The molecule has 1 amide bonds. The Labute approximate surface area is 142 Å². The maximum Gasteiger partial charge on any atom is 0.260 e. The fourth-order valence-corrected chi connectivity index (χ4v) is 3.31. The zero-order chi connectivity index (χ0) is 16.3. The Morgan fingerprint density at radius 1 is 1.32 bits per heavy atom. The Morgan fingerprint density at radius 2 is 1.95 bits per heavy atom. The standard InChI is InChI=1S/C18H26BrNO2/c1-18(2,3)13-9-10-16(15(19)11-13)22-12-17(21)20(4)14-7-5-6-8-14/h9-11,14H,5-8,12H2,1-4H3. The summed E-state index contributed by atoms with van der Waals surface area (Å²) >= 11 is 3.54. The molecule has 1 fully saturated rings. The van der Waals surface area contributed by atoms with Gasteiger partial charge in [0.05, 0.1) is 4.47 Å². The van der Waals surface area contributed by atoms with Crippen LogP contribution in [0.25, 0.3) is 0 Å². The molecule has 0 bridgehead atoms. The molecule has 0 saturated heterocycles. The fraction of sp³-hybridized carbons (Fsp3) is 0.611. The van der Waals surface area contributed by atoms with Crippen LogP contribution in [0.2, 0.25) is 0 Å². The number of hydrogen-bond donors (Lipinski definition) is 0. The highest BCUT2D eigenvalue weighted by atomic mass is 79.9. The molecule has 0 atom stereocenters. The first-order valence-electron chi connectivity index (χ1n) is 7.97. The molecule has 0 aliphatic heterocycles. The average Bonchev–Trinajstić information content (AvgIpc) is 2.97. The van der Waals surface area contributed by atoms with Crippen molar-refractivity contribution >= 4 is 21.8 Å². The topological polar surface area (TPSA) is 29.5 Å². The summed E-state index contributed by atoms with van der Waals surface area (Å²) in [6, 6.07) is 6.46. The summed E-state index contributed by atoms with van der Waals surface area (Å²) in [4.78, 5) is 14.1. The molecule has 3 nitrogen and oxygen atoms in total. The summed E-state index contributed by atoms with van der Waals surface area (Å²) in [6.07, 6.45) is 4.68. The first-order valence-corrected chi connectivity index (χ1v) is 8.77. The van der Waals surface area contributed by atoms with Crippen molar-refractivity contribution < 1.29 is 9.53 Å². The minimum atomic E-state index is 0.0543. The van der Waals surface area contributed by atoms with E-state index in [9.17, 15) is 4.79 Å². The molecule has 0 aromatic heterocycles. The Kier molecular flexibility index (Phi) is 5.54. The van der Waals surface area contributed by atoms with Crippen molar-refractivity contribution in [3.63, 3.8) is 0 Å². The minimum absolute atomic E-state index is 0.0543. The molecular formula is C18H26BrNO2. The first kappa shape index (κ1) is 17.3. The van der Waals surface area contributed by atoms with Gasteiger partial charge in [0.25, 0.3) is 5.91 Å². The second-order valence-electron chi connectivity index (χ2n) is 7.13. The number of carbonyl (C=O) groups is 1. The third kappa shape index (κ3) is 4.25. The smallest absolute Gasteiger partial charge is 0.260 e. The molecule has 0 radical (unpaired) electrons. The molecule has 22 heavy (non-hydrogen) atoms. The highest BCUT2D eigenvalue weighted by Crippen LogP contribution is 2.31. The van der Waals surface area contributed by atoms with E-state index in [1.54, 1.807) is 0 Å². The summed E-state index contributed by atoms with van der Waals surface area (Å²) in [5, 5.41) is 0. The van der Waals surface area contributed by atoms with Crippen LogP contribution in [0.4, 0.5) is 0 Å². The largest absolute Gasteiger partial charge is 0.483 e. The van der Waals surface area contributed by atoms with Crippen molar-refractivity contribution in [3.05, 3.63) is 28.2 Å². The molecule has 0 N–H and O–H groups in total. The van der Waals surface area contributed by atoms with Crippen LogP contribution in [0.3, 0.4) is 0 Å². The van der Waals surface area contributed by atoms with Gasteiger partial charge in [0.1, 0.15) is 5.75 Å². The number of amides is 1. The lowest BCUT2D eigenvalue weighted by molar-refractivity contribution is -0.134. The SMILES string of the molecule is CN(C(=O)COc1ccc(C(C)(C)C)cc1Br)C1CCCC1. The van der Waals surface area contributed by atoms with Gasteiger partial charge in [-0.25, -0.2) is 0 Å². The predicted molar refractivity (Wildman–Crippen MR) is 93.4 cm³/mol. The third-order valence-electron chi connectivity index (χ3n) is 4.41. The van der Waals surface area contributed by atoms with Crippen LogP contribution < -0.4 is 4.74 Å². The zero-order valence-corrected chi connectivity index (χ0v) is 15.6. The van der Waals surface area contributed by atoms with Crippen LogP contribution in [-0.4, -0.2) is 30.5 Å². The van der Waals surface area contributed by atoms with E-state index < -0.39 is 0 Å². The zero-order valence-electron chi connectivity index (χ0n) is 14.0. The molecule has 0 heterocycles. The normalized spacial score (nSPS) is 15.9. The van der Waals surface area contributed by atoms with Gasteiger partial charge in [-0.3, -0.25) is 4.79 Å². The number of carbonyl (C=O) groups excluding carboxylic acids is 1. The molecule has 0 unspecified atom stereocenters. The summed E-state index contributed by atoms with van der Waals surface area (Å²) in [5.74, 6) is 0.778. The van der Waals surface area contributed by atoms with Gasteiger partial charge in [-0.1, -0.05) is 39.7 Å². The Hall–Kier alpha value is -1.03. The van der Waals surface area contributed by atoms with E-state index in [0.717, 1.165) is 23.1 Å². The minimum Gasteiger partial charge on any atom is -0.483 e. The Morgan fingerprint density at radius 3 is 2.50 bits per heavy atom. The molecular weight excluding hydrogens is 342 g/mol. The van der Waals surface area contributed by atoms with Gasteiger partial charge < -0.3 is 9.64 Å². The molecule has 0 spiro atoms. The van der Waals surface area contributed by atoms with Crippen molar-refractivity contribution in [1.29, 1.82) is 0 Å². The molecule has 4 heteroatoms. The average molecular weight is 368 g/mol. The summed E-state index contributed by atoms with van der Waals surface area (Å²) in [5.41, 5.74) is 1.33. The van der Waals surface area contributed by atoms with E-state index in [1.165, 1.54) is 18.4 Å². The number of hydrogen-bond acceptors (Lipinski definition) is 2. The van der Waals surface area contributed by atoms with E-state index in [1.807, 2.05) is 18.0 Å². The monoisotopic (exact) mass is 367 g/mol. The molecule has 1 aliphatic rings. The predicted octanol–water partition coefficient (Wildman–Crippen LogP) is 4.53. The van der Waals surface area contributed by atoms with Crippen LogP contribution in [0.1, 0.15) is 52.0 Å². The van der Waals surface area contributed by atoms with Crippen LogP contribution in [0, 0.1) is 0 Å². The van der Waals surface area contributed by atoms with E-state index in [-0.39, 0.29) is 17.9 Å². The highest BCUT2D eigenvalue weighted by molar-refractivity contribution is 9.10. The van der Waals surface area contributed by atoms with E-state index in [4.69, 9.17) is 4.74 Å². The van der Waals surface area contributed by atoms with Crippen molar-refractivity contribution in [2.75, 3.05) is 13.7 Å². The number of likely N-dealkylation sites (N-methyl/N-ethyl adjacent to an activating group) is 1.